The molecule has 2 atom stereocenters. The number of carbonyl (C=O) groups is 1. The monoisotopic (exact) mass is 521 g/mol. The first-order chi connectivity index (χ1) is 13.5. The van der Waals surface area contributed by atoms with Crippen LogP contribution in [0.4, 0.5) is 0 Å². The van der Waals surface area contributed by atoms with Crippen molar-refractivity contribution in [3.8, 4) is 0 Å². The largest absolute Gasteiger partial charge is 0.378 e. The molecule has 3 rings (SSSR count). The summed E-state index contributed by atoms with van der Waals surface area (Å²) in [5.74, 6) is 1.13. The minimum atomic E-state index is 0. The molecule has 2 saturated carbocycles. The van der Waals surface area contributed by atoms with Gasteiger partial charge in [0, 0.05) is 57.3 Å². The second-order valence-electron chi connectivity index (χ2n) is 8.85. The van der Waals surface area contributed by atoms with Gasteiger partial charge in [0.05, 0.1) is 12.6 Å². The van der Waals surface area contributed by atoms with Crippen LogP contribution < -0.4 is 10.6 Å². The average Bonchev–Trinajstić information content (AvgIpc) is 3.17. The number of ether oxygens (including phenoxy) is 1. The van der Waals surface area contributed by atoms with Crippen LogP contribution in [0.5, 0.6) is 0 Å². The number of amides is 1. The summed E-state index contributed by atoms with van der Waals surface area (Å²) in [6.07, 6.45) is 6.67. The Labute approximate surface area is 193 Å². The second-order valence-corrected chi connectivity index (χ2v) is 8.85. The number of piperazine rings is 1. The first kappa shape index (κ1) is 24.7. The van der Waals surface area contributed by atoms with Crippen molar-refractivity contribution in [3.63, 3.8) is 0 Å². The number of nitrogens with zero attached hydrogens (tertiary/aromatic N) is 3. The molecule has 0 aromatic carbocycles. The molecule has 1 aliphatic heterocycles. The number of halogens is 1. The van der Waals surface area contributed by atoms with Crippen molar-refractivity contribution in [3.05, 3.63) is 0 Å². The number of hydrogen-bond acceptors (Lipinski definition) is 4. The molecular formula is C21H40IN5O2. The summed E-state index contributed by atoms with van der Waals surface area (Å²) in [6.45, 7) is 11.0. The SMILES string of the molecule is CCOC1CC(NC(=NC)N2CCN(CC(=O)NC(C)C)CC2)C12CCCC2.I. The molecule has 2 aliphatic carbocycles. The summed E-state index contributed by atoms with van der Waals surface area (Å²) < 4.78 is 6.05. The smallest absolute Gasteiger partial charge is 0.234 e. The molecule has 0 radical (unpaired) electrons. The van der Waals surface area contributed by atoms with E-state index in [0.717, 1.165) is 45.2 Å². The molecular weight excluding hydrogens is 481 g/mol. The van der Waals surface area contributed by atoms with Gasteiger partial charge in [-0.15, -0.1) is 24.0 Å². The maximum Gasteiger partial charge on any atom is 0.234 e. The molecule has 29 heavy (non-hydrogen) atoms. The molecule has 2 N–H and O–H groups in total. The number of aliphatic imine (C=N–C) groups is 1. The van der Waals surface area contributed by atoms with E-state index < -0.39 is 0 Å². The van der Waals surface area contributed by atoms with Crippen LogP contribution in [0.2, 0.25) is 0 Å². The molecule has 168 valence electrons. The lowest BCUT2D eigenvalue weighted by molar-refractivity contribution is -0.126. The summed E-state index contributed by atoms with van der Waals surface area (Å²) in [6, 6.07) is 0.669. The number of carbonyl (C=O) groups excluding carboxylic acids is 1. The van der Waals surface area contributed by atoms with Crippen LogP contribution in [0, 0.1) is 5.41 Å². The van der Waals surface area contributed by atoms with E-state index in [1.165, 1.54) is 25.7 Å². The maximum absolute atomic E-state index is 12.0. The molecule has 8 heteroatoms. The van der Waals surface area contributed by atoms with Gasteiger partial charge in [-0.25, -0.2) is 0 Å². The Balaban J connectivity index is 0.00000300. The van der Waals surface area contributed by atoms with Crippen molar-refractivity contribution in [2.24, 2.45) is 10.4 Å². The van der Waals surface area contributed by atoms with Crippen molar-refractivity contribution < 1.29 is 9.53 Å². The fraction of sp³-hybridized carbons (Fsp3) is 0.905. The van der Waals surface area contributed by atoms with Crippen molar-refractivity contribution in [2.75, 3.05) is 46.4 Å². The van der Waals surface area contributed by atoms with E-state index in [1.807, 2.05) is 20.9 Å². The zero-order chi connectivity index (χ0) is 20.1. The Bertz CT molecular complexity index is 557. The third kappa shape index (κ3) is 5.76. The molecule has 0 bridgehead atoms. The summed E-state index contributed by atoms with van der Waals surface area (Å²) in [7, 11) is 1.88. The van der Waals surface area contributed by atoms with E-state index in [-0.39, 0.29) is 35.9 Å². The van der Waals surface area contributed by atoms with Gasteiger partial charge in [-0.2, -0.15) is 0 Å². The number of guanidine groups is 1. The van der Waals surface area contributed by atoms with Gasteiger partial charge < -0.3 is 20.3 Å². The third-order valence-corrected chi connectivity index (χ3v) is 6.69. The van der Waals surface area contributed by atoms with Crippen LogP contribution in [0.3, 0.4) is 0 Å². The highest BCUT2D eigenvalue weighted by Crippen LogP contribution is 2.54. The van der Waals surface area contributed by atoms with Crippen LogP contribution in [0.15, 0.2) is 4.99 Å². The number of hydrogen-bond donors (Lipinski definition) is 2. The first-order valence-corrected chi connectivity index (χ1v) is 11.1. The number of nitrogens with one attached hydrogen (secondary N) is 2. The quantitative estimate of drug-likeness (QED) is 0.318. The predicted molar refractivity (Wildman–Crippen MR) is 128 cm³/mol. The maximum atomic E-state index is 12.0. The fourth-order valence-corrected chi connectivity index (χ4v) is 5.23. The molecule has 1 amide bonds. The van der Waals surface area contributed by atoms with Crippen LogP contribution in [-0.4, -0.2) is 86.2 Å². The lowest BCUT2D eigenvalue weighted by Crippen LogP contribution is -2.66. The molecule has 1 spiro atoms. The lowest BCUT2D eigenvalue weighted by atomic mass is 9.60. The van der Waals surface area contributed by atoms with Gasteiger partial charge in [-0.05, 0) is 40.0 Å². The molecule has 2 unspecified atom stereocenters. The van der Waals surface area contributed by atoms with Gasteiger partial charge in [0.15, 0.2) is 5.96 Å². The van der Waals surface area contributed by atoms with Crippen molar-refractivity contribution in [1.29, 1.82) is 0 Å². The molecule has 3 aliphatic rings. The van der Waals surface area contributed by atoms with Crippen molar-refractivity contribution in [2.45, 2.75) is 71.1 Å². The minimum absolute atomic E-state index is 0. The zero-order valence-electron chi connectivity index (χ0n) is 18.6. The second kappa shape index (κ2) is 11.1. The normalized spacial score (nSPS) is 26.9. The standard InChI is InChI=1S/C21H39N5O2.HI/c1-5-28-18-14-17(21(18)8-6-7-9-21)24-20(22-4)26-12-10-25(11-13-26)15-19(27)23-16(2)3;/h16-18H,5-15H2,1-4H3,(H,22,24)(H,23,27);1H. The zero-order valence-corrected chi connectivity index (χ0v) is 20.9. The number of rotatable bonds is 6. The van der Waals surface area contributed by atoms with Gasteiger partial charge in [0.25, 0.3) is 0 Å². The van der Waals surface area contributed by atoms with E-state index in [1.54, 1.807) is 0 Å². The topological polar surface area (TPSA) is 69.2 Å². The predicted octanol–water partition coefficient (Wildman–Crippen LogP) is 2.06. The van der Waals surface area contributed by atoms with Crippen molar-refractivity contribution >= 4 is 35.8 Å². The Morgan fingerprint density at radius 2 is 1.86 bits per heavy atom. The van der Waals surface area contributed by atoms with E-state index in [9.17, 15) is 4.79 Å². The molecule has 7 nitrogen and oxygen atoms in total. The molecule has 1 saturated heterocycles. The molecule has 1 heterocycles. The van der Waals surface area contributed by atoms with Gasteiger partial charge in [-0.3, -0.25) is 14.7 Å². The highest BCUT2D eigenvalue weighted by molar-refractivity contribution is 14.0. The fourth-order valence-electron chi connectivity index (χ4n) is 5.23. The van der Waals surface area contributed by atoms with E-state index in [0.29, 0.717) is 24.1 Å². The van der Waals surface area contributed by atoms with Crippen LogP contribution in [-0.2, 0) is 9.53 Å². The van der Waals surface area contributed by atoms with E-state index >= 15 is 0 Å². The van der Waals surface area contributed by atoms with Gasteiger partial charge >= 0.3 is 0 Å². The highest BCUT2D eigenvalue weighted by Gasteiger charge is 2.57. The Morgan fingerprint density at radius 3 is 2.41 bits per heavy atom. The molecule has 0 aromatic rings. The average molecular weight is 521 g/mol. The summed E-state index contributed by atoms with van der Waals surface area (Å²) >= 11 is 0. The van der Waals surface area contributed by atoms with E-state index in [4.69, 9.17) is 4.74 Å². The van der Waals surface area contributed by atoms with Gasteiger partial charge in [-0.1, -0.05) is 12.8 Å². The Hall–Kier alpha value is -0.610. The third-order valence-electron chi connectivity index (χ3n) is 6.69. The summed E-state index contributed by atoms with van der Waals surface area (Å²) in [5, 5.41) is 6.75. The van der Waals surface area contributed by atoms with Gasteiger partial charge in [0.1, 0.15) is 0 Å². The Kier molecular flexibility index (Phi) is 9.47. The minimum Gasteiger partial charge on any atom is -0.378 e. The van der Waals surface area contributed by atoms with Crippen LogP contribution in [0.1, 0.15) is 52.9 Å². The highest BCUT2D eigenvalue weighted by atomic mass is 127. The molecule has 0 aromatic heterocycles. The van der Waals surface area contributed by atoms with Crippen LogP contribution in [0.25, 0.3) is 0 Å². The lowest BCUT2D eigenvalue weighted by Gasteiger charge is -2.55. The van der Waals surface area contributed by atoms with Crippen molar-refractivity contribution in [1.82, 2.24) is 20.4 Å². The van der Waals surface area contributed by atoms with E-state index in [2.05, 4.69) is 32.3 Å². The Morgan fingerprint density at radius 1 is 1.21 bits per heavy atom. The summed E-state index contributed by atoms with van der Waals surface area (Å²) in [5.41, 5.74) is 0.308. The van der Waals surface area contributed by atoms with Crippen LogP contribution >= 0.6 is 24.0 Å². The van der Waals surface area contributed by atoms with Gasteiger partial charge in [0.2, 0.25) is 5.91 Å². The first-order valence-electron chi connectivity index (χ1n) is 11.1. The summed E-state index contributed by atoms with van der Waals surface area (Å²) in [4.78, 5) is 21.1. The molecule has 3 fully saturated rings.